The molecule has 5 heteroatoms. The van der Waals surface area contributed by atoms with Crippen LogP contribution in [0.2, 0.25) is 0 Å². The van der Waals surface area contributed by atoms with Crippen LogP contribution in [0.1, 0.15) is 12.0 Å². The molecule has 1 amide bonds. The first kappa shape index (κ1) is 11.3. The maximum Gasteiger partial charge on any atom is 0.221 e. The van der Waals surface area contributed by atoms with Gasteiger partial charge >= 0.3 is 0 Å². The minimum atomic E-state index is -1.53. The van der Waals surface area contributed by atoms with E-state index in [-0.39, 0.29) is 12.0 Å². The van der Waals surface area contributed by atoms with Gasteiger partial charge in [-0.15, -0.1) is 0 Å². The van der Waals surface area contributed by atoms with Crippen molar-refractivity contribution in [2.75, 3.05) is 0 Å². The highest BCUT2D eigenvalue weighted by Crippen LogP contribution is 2.16. The monoisotopic (exact) mass is 215 g/mol. The van der Waals surface area contributed by atoms with E-state index in [9.17, 15) is 18.0 Å². The molecule has 0 saturated carbocycles. The lowest BCUT2D eigenvalue weighted by molar-refractivity contribution is -0.117. The van der Waals surface area contributed by atoms with Gasteiger partial charge in [-0.2, -0.15) is 0 Å². The van der Waals surface area contributed by atoms with Crippen LogP contribution in [0.25, 0.3) is 6.08 Å². The van der Waals surface area contributed by atoms with Crippen molar-refractivity contribution < 1.29 is 18.0 Å². The van der Waals surface area contributed by atoms with Crippen LogP contribution in [0, 0.1) is 17.5 Å². The molecule has 0 unspecified atom stereocenters. The van der Waals surface area contributed by atoms with Gasteiger partial charge in [-0.1, -0.05) is 12.2 Å². The second kappa shape index (κ2) is 4.63. The third-order valence-corrected chi connectivity index (χ3v) is 1.68. The number of hydrogen-bond donors (Lipinski definition) is 1. The van der Waals surface area contributed by atoms with E-state index in [1.807, 2.05) is 0 Å². The number of primary amides is 1. The third kappa shape index (κ3) is 2.83. The Kier molecular flexibility index (Phi) is 3.49. The molecule has 0 bridgehead atoms. The maximum absolute atomic E-state index is 13.0. The SMILES string of the molecule is NC(=O)CC=Cc1ccc(F)c(F)c1F. The van der Waals surface area contributed by atoms with E-state index in [1.165, 1.54) is 12.2 Å². The van der Waals surface area contributed by atoms with E-state index in [2.05, 4.69) is 0 Å². The molecular formula is C10H8F3NO. The number of amides is 1. The molecule has 0 saturated heterocycles. The summed E-state index contributed by atoms with van der Waals surface area (Å²) in [5, 5.41) is 0. The van der Waals surface area contributed by atoms with Gasteiger partial charge < -0.3 is 5.73 Å². The first-order valence-electron chi connectivity index (χ1n) is 4.10. The number of carbonyl (C=O) groups is 1. The van der Waals surface area contributed by atoms with E-state index in [0.29, 0.717) is 0 Å². The molecule has 2 nitrogen and oxygen atoms in total. The average Bonchev–Trinajstić information content (AvgIpc) is 2.18. The number of hydrogen-bond acceptors (Lipinski definition) is 1. The van der Waals surface area contributed by atoms with Crippen LogP contribution in [0.5, 0.6) is 0 Å². The van der Waals surface area contributed by atoms with Gasteiger partial charge in [-0.05, 0) is 12.1 Å². The summed E-state index contributed by atoms with van der Waals surface area (Å²) < 4.78 is 38.2. The number of rotatable bonds is 3. The highest BCUT2D eigenvalue weighted by Gasteiger charge is 2.10. The molecule has 0 spiro atoms. The summed E-state index contributed by atoms with van der Waals surface area (Å²) in [7, 11) is 0. The Bertz CT molecular complexity index is 415. The summed E-state index contributed by atoms with van der Waals surface area (Å²) in [6, 6.07) is 1.88. The van der Waals surface area contributed by atoms with Crippen molar-refractivity contribution in [1.82, 2.24) is 0 Å². The molecule has 2 N–H and O–H groups in total. The Balaban J connectivity index is 2.92. The van der Waals surface area contributed by atoms with Crippen LogP contribution in [-0.4, -0.2) is 5.91 Å². The van der Waals surface area contributed by atoms with Crippen LogP contribution in [0.15, 0.2) is 18.2 Å². The minimum Gasteiger partial charge on any atom is -0.369 e. The molecule has 1 aromatic rings. The van der Waals surface area contributed by atoms with E-state index in [1.54, 1.807) is 0 Å². The second-order valence-corrected chi connectivity index (χ2v) is 2.84. The Hall–Kier alpha value is -1.78. The number of halogens is 3. The van der Waals surface area contributed by atoms with E-state index < -0.39 is 23.4 Å². The molecule has 0 aliphatic rings. The number of nitrogens with two attached hydrogens (primary N) is 1. The van der Waals surface area contributed by atoms with Crippen LogP contribution >= 0.6 is 0 Å². The maximum atomic E-state index is 13.0. The summed E-state index contributed by atoms with van der Waals surface area (Å²) >= 11 is 0. The van der Waals surface area contributed by atoms with Crippen molar-refractivity contribution >= 4 is 12.0 Å². The molecule has 80 valence electrons. The summed E-state index contributed by atoms with van der Waals surface area (Å²) in [6.07, 6.45) is 2.36. The van der Waals surface area contributed by atoms with Crippen LogP contribution in [0.4, 0.5) is 13.2 Å². The molecule has 1 rings (SSSR count). The first-order valence-corrected chi connectivity index (χ1v) is 4.10. The highest BCUT2D eigenvalue weighted by molar-refractivity contribution is 5.76. The molecule has 0 aromatic heterocycles. The van der Waals surface area contributed by atoms with Crippen molar-refractivity contribution in [3.05, 3.63) is 41.2 Å². The molecule has 0 aliphatic heterocycles. The van der Waals surface area contributed by atoms with Crippen LogP contribution in [-0.2, 0) is 4.79 Å². The fraction of sp³-hybridized carbons (Fsp3) is 0.100. The van der Waals surface area contributed by atoms with Crippen LogP contribution in [0.3, 0.4) is 0 Å². The molecular weight excluding hydrogens is 207 g/mol. The Morgan fingerprint density at radius 3 is 2.53 bits per heavy atom. The van der Waals surface area contributed by atoms with Crippen molar-refractivity contribution in [2.24, 2.45) is 5.73 Å². The zero-order chi connectivity index (χ0) is 11.4. The Morgan fingerprint density at radius 2 is 1.93 bits per heavy atom. The second-order valence-electron chi connectivity index (χ2n) is 2.84. The summed E-state index contributed by atoms with van der Waals surface area (Å²) in [6.45, 7) is 0. The number of benzene rings is 1. The number of carbonyl (C=O) groups excluding carboxylic acids is 1. The van der Waals surface area contributed by atoms with Crippen molar-refractivity contribution in [1.29, 1.82) is 0 Å². The first-order chi connectivity index (χ1) is 7.02. The molecule has 15 heavy (non-hydrogen) atoms. The fourth-order valence-corrected chi connectivity index (χ4v) is 0.972. The van der Waals surface area contributed by atoms with Crippen molar-refractivity contribution in [3.63, 3.8) is 0 Å². The zero-order valence-corrected chi connectivity index (χ0v) is 7.64. The van der Waals surface area contributed by atoms with Gasteiger partial charge in [-0.25, -0.2) is 13.2 Å². The normalized spacial score (nSPS) is 10.9. The molecule has 0 aliphatic carbocycles. The third-order valence-electron chi connectivity index (χ3n) is 1.68. The predicted molar refractivity (Wildman–Crippen MR) is 49.2 cm³/mol. The average molecular weight is 215 g/mol. The fourth-order valence-electron chi connectivity index (χ4n) is 0.972. The van der Waals surface area contributed by atoms with E-state index in [4.69, 9.17) is 5.73 Å². The Morgan fingerprint density at radius 1 is 1.27 bits per heavy atom. The van der Waals surface area contributed by atoms with Gasteiger partial charge in [0.15, 0.2) is 17.5 Å². The largest absolute Gasteiger partial charge is 0.369 e. The smallest absolute Gasteiger partial charge is 0.221 e. The quantitative estimate of drug-likeness (QED) is 0.770. The van der Waals surface area contributed by atoms with Gasteiger partial charge in [0, 0.05) is 12.0 Å². The lowest BCUT2D eigenvalue weighted by atomic mass is 10.1. The zero-order valence-electron chi connectivity index (χ0n) is 7.64. The molecule has 0 radical (unpaired) electrons. The molecule has 0 fully saturated rings. The summed E-state index contributed by atoms with van der Waals surface area (Å²) in [4.78, 5) is 10.3. The van der Waals surface area contributed by atoms with Gasteiger partial charge in [0.05, 0.1) is 0 Å². The Labute approximate surface area is 84.2 Å². The van der Waals surface area contributed by atoms with Crippen molar-refractivity contribution in [3.8, 4) is 0 Å². The summed E-state index contributed by atoms with van der Waals surface area (Å²) in [5.41, 5.74) is 4.70. The van der Waals surface area contributed by atoms with Gasteiger partial charge in [0.25, 0.3) is 0 Å². The van der Waals surface area contributed by atoms with Gasteiger partial charge in [0.1, 0.15) is 0 Å². The standard InChI is InChI=1S/C10H8F3NO/c11-7-5-4-6(9(12)10(7)13)2-1-3-8(14)15/h1-2,4-5H,3H2,(H2,14,15). The highest BCUT2D eigenvalue weighted by atomic mass is 19.2. The van der Waals surface area contributed by atoms with Gasteiger partial charge in [0.2, 0.25) is 5.91 Å². The van der Waals surface area contributed by atoms with Gasteiger partial charge in [-0.3, -0.25) is 4.79 Å². The predicted octanol–water partition coefficient (Wildman–Crippen LogP) is 1.99. The molecule has 0 heterocycles. The summed E-state index contributed by atoms with van der Waals surface area (Å²) in [5.74, 6) is -4.65. The minimum absolute atomic E-state index is 0.0849. The lowest BCUT2D eigenvalue weighted by Crippen LogP contribution is -2.07. The van der Waals surface area contributed by atoms with Crippen molar-refractivity contribution in [2.45, 2.75) is 6.42 Å². The topological polar surface area (TPSA) is 43.1 Å². The molecule has 1 aromatic carbocycles. The molecule has 0 atom stereocenters. The van der Waals surface area contributed by atoms with E-state index in [0.717, 1.165) is 12.1 Å². The van der Waals surface area contributed by atoms with E-state index >= 15 is 0 Å². The van der Waals surface area contributed by atoms with Crippen LogP contribution < -0.4 is 5.73 Å². The lowest BCUT2D eigenvalue weighted by Gasteiger charge is -1.98.